The zero-order valence-electron chi connectivity index (χ0n) is 9.79. The monoisotopic (exact) mass is 222 g/mol. The molecule has 0 radical (unpaired) electrons. The highest BCUT2D eigenvalue weighted by Crippen LogP contribution is 2.07. The van der Waals surface area contributed by atoms with Gasteiger partial charge in [0, 0.05) is 25.3 Å². The van der Waals surface area contributed by atoms with Crippen LogP contribution in [0.15, 0.2) is 6.20 Å². The average Bonchev–Trinajstić information content (AvgIpc) is 2.61. The van der Waals surface area contributed by atoms with Crippen molar-refractivity contribution in [2.45, 2.75) is 25.8 Å². The molecule has 1 aliphatic heterocycles. The third-order valence-corrected chi connectivity index (χ3v) is 3.11. The van der Waals surface area contributed by atoms with Crippen LogP contribution in [0.5, 0.6) is 0 Å². The summed E-state index contributed by atoms with van der Waals surface area (Å²) in [5.41, 5.74) is 1.58. The van der Waals surface area contributed by atoms with E-state index in [-0.39, 0.29) is 11.9 Å². The maximum Gasteiger partial charge on any atom is 0.255 e. The third kappa shape index (κ3) is 2.24. The summed E-state index contributed by atoms with van der Waals surface area (Å²) in [6.07, 6.45) is 3.80. The van der Waals surface area contributed by atoms with Crippen LogP contribution in [-0.4, -0.2) is 34.8 Å². The standard InChI is InChI=1S/C11H18N4O/c1-8-10(7-13-15(8)2)11(16)14-9-4-3-5-12-6-9/h7,9,12H,3-6H2,1-2H3,(H,14,16)/t9-/m1/s1. The molecular formula is C11H18N4O. The second-order valence-electron chi connectivity index (χ2n) is 4.28. The molecule has 1 fully saturated rings. The Morgan fingerprint density at radius 2 is 2.50 bits per heavy atom. The molecule has 2 N–H and O–H groups in total. The highest BCUT2D eigenvalue weighted by Gasteiger charge is 2.18. The van der Waals surface area contributed by atoms with Gasteiger partial charge < -0.3 is 10.6 Å². The zero-order valence-corrected chi connectivity index (χ0v) is 9.79. The van der Waals surface area contributed by atoms with Crippen molar-refractivity contribution in [3.63, 3.8) is 0 Å². The SMILES string of the molecule is Cc1c(C(=O)N[C@@H]2CCCNC2)cnn1C. The fraction of sp³-hybridized carbons (Fsp3) is 0.636. The summed E-state index contributed by atoms with van der Waals surface area (Å²) in [5, 5.41) is 10.4. The Bertz CT molecular complexity index is 379. The first-order valence-electron chi connectivity index (χ1n) is 5.68. The molecule has 0 saturated carbocycles. The van der Waals surface area contributed by atoms with Crippen molar-refractivity contribution in [3.8, 4) is 0 Å². The number of carbonyl (C=O) groups is 1. The van der Waals surface area contributed by atoms with E-state index in [4.69, 9.17) is 0 Å². The van der Waals surface area contributed by atoms with E-state index in [9.17, 15) is 4.79 Å². The number of rotatable bonds is 2. The Kier molecular flexibility index (Phi) is 3.24. The van der Waals surface area contributed by atoms with E-state index in [0.29, 0.717) is 5.56 Å². The van der Waals surface area contributed by atoms with Crippen molar-refractivity contribution < 1.29 is 4.79 Å². The Balaban J connectivity index is 1.99. The lowest BCUT2D eigenvalue weighted by molar-refractivity contribution is 0.0930. The molecule has 16 heavy (non-hydrogen) atoms. The van der Waals surface area contributed by atoms with Gasteiger partial charge in [-0.15, -0.1) is 0 Å². The molecule has 5 nitrogen and oxygen atoms in total. The number of aryl methyl sites for hydroxylation is 1. The maximum atomic E-state index is 12.0. The predicted octanol–water partition coefficient (Wildman–Crippen LogP) is 0.210. The van der Waals surface area contributed by atoms with Gasteiger partial charge in [0.15, 0.2) is 0 Å². The fourth-order valence-electron chi connectivity index (χ4n) is 1.96. The topological polar surface area (TPSA) is 59.0 Å². The number of nitrogens with zero attached hydrogens (tertiary/aromatic N) is 2. The van der Waals surface area contributed by atoms with E-state index < -0.39 is 0 Å². The first kappa shape index (κ1) is 11.1. The van der Waals surface area contributed by atoms with Crippen LogP contribution in [0.2, 0.25) is 0 Å². The smallest absolute Gasteiger partial charge is 0.255 e. The molecule has 1 saturated heterocycles. The van der Waals surface area contributed by atoms with Gasteiger partial charge in [-0.05, 0) is 26.3 Å². The number of aromatic nitrogens is 2. The molecule has 1 amide bonds. The van der Waals surface area contributed by atoms with Crippen molar-refractivity contribution >= 4 is 5.91 Å². The molecule has 2 heterocycles. The van der Waals surface area contributed by atoms with E-state index in [1.54, 1.807) is 10.9 Å². The summed E-state index contributed by atoms with van der Waals surface area (Å²) in [6.45, 7) is 3.82. The summed E-state index contributed by atoms with van der Waals surface area (Å²) in [7, 11) is 1.84. The molecule has 0 aromatic carbocycles. The van der Waals surface area contributed by atoms with E-state index in [1.165, 1.54) is 0 Å². The van der Waals surface area contributed by atoms with Crippen LogP contribution in [-0.2, 0) is 7.05 Å². The van der Waals surface area contributed by atoms with E-state index in [2.05, 4.69) is 15.7 Å². The lowest BCUT2D eigenvalue weighted by atomic mass is 10.1. The minimum Gasteiger partial charge on any atom is -0.348 e. The van der Waals surface area contributed by atoms with Crippen LogP contribution in [0.4, 0.5) is 0 Å². The zero-order chi connectivity index (χ0) is 11.5. The van der Waals surface area contributed by atoms with Crippen molar-refractivity contribution in [1.29, 1.82) is 0 Å². The van der Waals surface area contributed by atoms with Crippen molar-refractivity contribution in [1.82, 2.24) is 20.4 Å². The Morgan fingerprint density at radius 1 is 1.69 bits per heavy atom. The number of piperidine rings is 1. The number of hydrogen-bond donors (Lipinski definition) is 2. The average molecular weight is 222 g/mol. The minimum atomic E-state index is -0.0145. The first-order valence-corrected chi connectivity index (χ1v) is 5.68. The fourth-order valence-corrected chi connectivity index (χ4v) is 1.96. The quantitative estimate of drug-likeness (QED) is 0.752. The number of carbonyl (C=O) groups excluding carboxylic acids is 1. The Hall–Kier alpha value is -1.36. The maximum absolute atomic E-state index is 12.0. The van der Waals surface area contributed by atoms with Crippen LogP contribution in [0, 0.1) is 6.92 Å². The molecule has 88 valence electrons. The Morgan fingerprint density at radius 3 is 3.06 bits per heavy atom. The summed E-state index contributed by atoms with van der Waals surface area (Å²) in [5.74, 6) is -0.0145. The third-order valence-electron chi connectivity index (χ3n) is 3.11. The molecule has 5 heteroatoms. The summed E-state index contributed by atoms with van der Waals surface area (Å²) in [6, 6.07) is 0.251. The van der Waals surface area contributed by atoms with Crippen LogP contribution < -0.4 is 10.6 Å². The van der Waals surface area contributed by atoms with Gasteiger partial charge in [0.05, 0.1) is 11.8 Å². The second kappa shape index (κ2) is 4.65. The van der Waals surface area contributed by atoms with E-state index >= 15 is 0 Å². The van der Waals surface area contributed by atoms with Gasteiger partial charge in [-0.3, -0.25) is 9.48 Å². The lowest BCUT2D eigenvalue weighted by Gasteiger charge is -2.23. The van der Waals surface area contributed by atoms with Crippen molar-refractivity contribution in [3.05, 3.63) is 17.5 Å². The minimum absolute atomic E-state index is 0.0145. The molecular weight excluding hydrogens is 204 g/mol. The highest BCUT2D eigenvalue weighted by atomic mass is 16.1. The number of nitrogens with one attached hydrogen (secondary N) is 2. The molecule has 0 unspecified atom stereocenters. The largest absolute Gasteiger partial charge is 0.348 e. The summed E-state index contributed by atoms with van der Waals surface area (Å²) < 4.78 is 1.72. The van der Waals surface area contributed by atoms with Gasteiger partial charge in [-0.25, -0.2) is 0 Å². The molecule has 2 rings (SSSR count). The Labute approximate surface area is 95.2 Å². The van der Waals surface area contributed by atoms with Gasteiger partial charge in [-0.1, -0.05) is 0 Å². The highest BCUT2D eigenvalue weighted by molar-refractivity contribution is 5.95. The van der Waals surface area contributed by atoms with Crippen LogP contribution >= 0.6 is 0 Å². The second-order valence-corrected chi connectivity index (χ2v) is 4.28. The predicted molar refractivity (Wildman–Crippen MR) is 61.3 cm³/mol. The molecule has 1 atom stereocenters. The number of amides is 1. The van der Waals surface area contributed by atoms with Crippen molar-refractivity contribution in [2.24, 2.45) is 7.05 Å². The van der Waals surface area contributed by atoms with Crippen LogP contribution in [0.1, 0.15) is 28.9 Å². The van der Waals surface area contributed by atoms with Crippen molar-refractivity contribution in [2.75, 3.05) is 13.1 Å². The van der Waals surface area contributed by atoms with Crippen LogP contribution in [0.3, 0.4) is 0 Å². The molecule has 0 spiro atoms. The van der Waals surface area contributed by atoms with Gasteiger partial charge in [0.2, 0.25) is 0 Å². The van der Waals surface area contributed by atoms with E-state index in [1.807, 2.05) is 14.0 Å². The summed E-state index contributed by atoms with van der Waals surface area (Å²) >= 11 is 0. The summed E-state index contributed by atoms with van der Waals surface area (Å²) in [4.78, 5) is 12.0. The van der Waals surface area contributed by atoms with Gasteiger partial charge >= 0.3 is 0 Å². The van der Waals surface area contributed by atoms with Crippen LogP contribution in [0.25, 0.3) is 0 Å². The van der Waals surface area contributed by atoms with E-state index in [0.717, 1.165) is 31.6 Å². The van der Waals surface area contributed by atoms with Gasteiger partial charge in [-0.2, -0.15) is 5.10 Å². The normalized spacial score (nSPS) is 20.8. The lowest BCUT2D eigenvalue weighted by Crippen LogP contribution is -2.45. The molecule has 0 aliphatic carbocycles. The molecule has 1 aromatic heterocycles. The molecule has 1 aliphatic rings. The van der Waals surface area contributed by atoms with Gasteiger partial charge in [0.1, 0.15) is 0 Å². The van der Waals surface area contributed by atoms with Gasteiger partial charge in [0.25, 0.3) is 5.91 Å². The molecule has 0 bridgehead atoms. The first-order chi connectivity index (χ1) is 7.68. The number of hydrogen-bond acceptors (Lipinski definition) is 3. The molecule has 1 aromatic rings.